The van der Waals surface area contributed by atoms with Crippen molar-refractivity contribution in [3.05, 3.63) is 35.4 Å². The van der Waals surface area contributed by atoms with E-state index in [9.17, 15) is 19.2 Å². The van der Waals surface area contributed by atoms with Crippen LogP contribution in [-0.4, -0.2) is 58.8 Å². The Balaban J connectivity index is 1.69. The smallest absolute Gasteiger partial charge is 0.330 e. The van der Waals surface area contributed by atoms with Gasteiger partial charge in [-0.1, -0.05) is 31.4 Å². The zero-order valence-electron chi connectivity index (χ0n) is 17.4. The first kappa shape index (κ1) is 22.3. The van der Waals surface area contributed by atoms with Crippen molar-refractivity contribution in [1.29, 1.82) is 0 Å². The average Bonchev–Trinajstić information content (AvgIpc) is 3.00. The Morgan fingerprint density at radius 3 is 2.30 bits per heavy atom. The molecule has 162 valence electrons. The molecule has 1 N–H and O–H groups in total. The molecule has 1 aliphatic heterocycles. The van der Waals surface area contributed by atoms with Crippen molar-refractivity contribution in [3.63, 3.8) is 0 Å². The van der Waals surface area contributed by atoms with Crippen molar-refractivity contribution in [2.45, 2.75) is 63.6 Å². The van der Waals surface area contributed by atoms with Crippen LogP contribution in [-0.2, 0) is 14.3 Å². The van der Waals surface area contributed by atoms with Crippen LogP contribution in [0.3, 0.4) is 0 Å². The van der Waals surface area contributed by atoms with Crippen LogP contribution in [0.5, 0.6) is 0 Å². The van der Waals surface area contributed by atoms with Gasteiger partial charge < -0.3 is 10.1 Å². The van der Waals surface area contributed by atoms with Crippen LogP contribution in [0.15, 0.2) is 24.3 Å². The van der Waals surface area contributed by atoms with E-state index < -0.39 is 29.9 Å². The number of nitrogens with zero attached hydrogens (tertiary/aromatic N) is 1. The number of ether oxygens (including phenoxy) is 1. The lowest BCUT2D eigenvalue weighted by Gasteiger charge is -2.27. The summed E-state index contributed by atoms with van der Waals surface area (Å²) in [6, 6.07) is 5.56. The van der Waals surface area contributed by atoms with Crippen LogP contribution in [0.4, 0.5) is 0 Å². The van der Waals surface area contributed by atoms with Gasteiger partial charge in [-0.05, 0) is 50.3 Å². The quantitative estimate of drug-likeness (QED) is 0.502. The number of hydrogen-bond acceptors (Lipinski definition) is 6. The second kappa shape index (κ2) is 10.1. The van der Waals surface area contributed by atoms with E-state index >= 15 is 0 Å². The van der Waals surface area contributed by atoms with Crippen molar-refractivity contribution in [2.24, 2.45) is 0 Å². The number of rotatable bonds is 8. The summed E-state index contributed by atoms with van der Waals surface area (Å²) >= 11 is 1.50. The topological polar surface area (TPSA) is 92.8 Å². The number of imide groups is 1. The molecule has 0 bridgehead atoms. The maximum Gasteiger partial charge on any atom is 0.330 e. The number of thioether (sulfide) groups is 1. The molecule has 1 aromatic rings. The molecule has 8 heteroatoms. The first-order chi connectivity index (χ1) is 14.4. The SMILES string of the molecule is CSCC[C@H](C(=O)O[C@H](C)C(=O)NC1CCCCC1)N1C(=O)c2ccccc2C1=O. The lowest BCUT2D eigenvalue weighted by Crippen LogP contribution is -2.49. The van der Waals surface area contributed by atoms with Gasteiger partial charge in [-0.15, -0.1) is 0 Å². The van der Waals surface area contributed by atoms with Crippen LogP contribution in [0.1, 0.15) is 66.2 Å². The van der Waals surface area contributed by atoms with E-state index in [1.165, 1.54) is 25.1 Å². The van der Waals surface area contributed by atoms with Gasteiger partial charge in [0.1, 0.15) is 6.04 Å². The zero-order chi connectivity index (χ0) is 21.7. The minimum absolute atomic E-state index is 0.107. The van der Waals surface area contributed by atoms with Gasteiger partial charge >= 0.3 is 5.97 Å². The number of benzene rings is 1. The summed E-state index contributed by atoms with van der Waals surface area (Å²) in [5, 5.41) is 2.94. The van der Waals surface area contributed by atoms with Gasteiger partial charge in [-0.25, -0.2) is 4.79 Å². The first-order valence-electron chi connectivity index (χ1n) is 10.4. The highest BCUT2D eigenvalue weighted by molar-refractivity contribution is 7.98. The summed E-state index contributed by atoms with van der Waals surface area (Å²) in [6.07, 6.45) is 6.34. The van der Waals surface area contributed by atoms with Gasteiger partial charge in [0.25, 0.3) is 17.7 Å². The molecule has 0 unspecified atom stereocenters. The van der Waals surface area contributed by atoms with Crippen LogP contribution < -0.4 is 5.32 Å². The summed E-state index contributed by atoms with van der Waals surface area (Å²) in [6.45, 7) is 1.52. The maximum atomic E-state index is 12.9. The van der Waals surface area contributed by atoms with Crippen molar-refractivity contribution in [3.8, 4) is 0 Å². The summed E-state index contributed by atoms with van der Waals surface area (Å²) in [5.74, 6) is -1.52. The minimum Gasteiger partial charge on any atom is -0.451 e. The Labute approximate surface area is 180 Å². The van der Waals surface area contributed by atoms with Gasteiger partial charge in [0, 0.05) is 6.04 Å². The number of amides is 3. The molecule has 1 aliphatic carbocycles. The molecule has 2 atom stereocenters. The molecule has 0 aromatic heterocycles. The molecule has 1 aromatic carbocycles. The van der Waals surface area contributed by atoms with Crippen molar-refractivity contribution < 1.29 is 23.9 Å². The number of fused-ring (bicyclic) bond motifs is 1. The lowest BCUT2D eigenvalue weighted by molar-refractivity contribution is -0.158. The number of nitrogens with one attached hydrogen (secondary N) is 1. The molecule has 7 nitrogen and oxygen atoms in total. The van der Waals surface area contributed by atoms with Gasteiger partial charge in [0.15, 0.2) is 6.10 Å². The Bertz CT molecular complexity index is 787. The molecular weight excluding hydrogens is 404 g/mol. The number of carbonyl (C=O) groups excluding carboxylic acids is 4. The van der Waals surface area contributed by atoms with E-state index in [-0.39, 0.29) is 29.5 Å². The van der Waals surface area contributed by atoms with Crippen molar-refractivity contribution in [1.82, 2.24) is 10.2 Å². The average molecular weight is 433 g/mol. The third kappa shape index (κ3) is 4.86. The summed E-state index contributed by atoms with van der Waals surface area (Å²) in [7, 11) is 0. The third-order valence-corrected chi connectivity index (χ3v) is 6.26. The number of esters is 1. The van der Waals surface area contributed by atoms with E-state index in [4.69, 9.17) is 4.74 Å². The highest BCUT2D eigenvalue weighted by Gasteiger charge is 2.43. The van der Waals surface area contributed by atoms with Crippen LogP contribution in [0, 0.1) is 0 Å². The molecule has 2 aliphatic rings. The second-order valence-electron chi connectivity index (χ2n) is 7.75. The van der Waals surface area contributed by atoms with Gasteiger partial charge in [0.05, 0.1) is 11.1 Å². The molecule has 0 radical (unpaired) electrons. The molecule has 30 heavy (non-hydrogen) atoms. The molecule has 1 heterocycles. The number of hydrogen-bond donors (Lipinski definition) is 1. The second-order valence-corrected chi connectivity index (χ2v) is 8.73. The molecule has 0 saturated heterocycles. The van der Waals surface area contributed by atoms with Crippen LogP contribution in [0.2, 0.25) is 0 Å². The summed E-state index contributed by atoms with van der Waals surface area (Å²) in [4.78, 5) is 52.0. The fourth-order valence-electron chi connectivity index (χ4n) is 3.94. The van der Waals surface area contributed by atoms with Gasteiger partial charge in [0.2, 0.25) is 0 Å². The minimum atomic E-state index is -1.06. The zero-order valence-corrected chi connectivity index (χ0v) is 18.2. The summed E-state index contributed by atoms with van der Waals surface area (Å²) < 4.78 is 5.41. The summed E-state index contributed by atoms with van der Waals surface area (Å²) in [5.41, 5.74) is 0.570. The molecule has 3 rings (SSSR count). The normalized spacial score (nSPS) is 18.7. The first-order valence-corrected chi connectivity index (χ1v) is 11.8. The van der Waals surface area contributed by atoms with Crippen molar-refractivity contribution in [2.75, 3.05) is 12.0 Å². The predicted octanol–water partition coefficient (Wildman–Crippen LogP) is 2.78. The third-order valence-electron chi connectivity index (χ3n) is 5.62. The van der Waals surface area contributed by atoms with E-state index in [0.717, 1.165) is 30.6 Å². The lowest BCUT2D eigenvalue weighted by atomic mass is 9.95. The van der Waals surface area contributed by atoms with Crippen LogP contribution in [0.25, 0.3) is 0 Å². The molecule has 0 spiro atoms. The largest absolute Gasteiger partial charge is 0.451 e. The predicted molar refractivity (Wildman–Crippen MR) is 114 cm³/mol. The highest BCUT2D eigenvalue weighted by atomic mass is 32.2. The fraction of sp³-hybridized carbons (Fsp3) is 0.545. The van der Waals surface area contributed by atoms with Gasteiger partial charge in [-0.2, -0.15) is 11.8 Å². The Morgan fingerprint density at radius 2 is 1.73 bits per heavy atom. The van der Waals surface area contributed by atoms with E-state index in [2.05, 4.69) is 5.32 Å². The fourth-order valence-corrected chi connectivity index (χ4v) is 4.40. The number of carbonyl (C=O) groups is 4. The van der Waals surface area contributed by atoms with Gasteiger partial charge in [-0.3, -0.25) is 19.3 Å². The highest BCUT2D eigenvalue weighted by Crippen LogP contribution is 2.27. The molecule has 1 saturated carbocycles. The van der Waals surface area contributed by atoms with Crippen LogP contribution >= 0.6 is 11.8 Å². The maximum absolute atomic E-state index is 12.9. The monoisotopic (exact) mass is 432 g/mol. The van der Waals surface area contributed by atoms with E-state index in [1.807, 2.05) is 6.26 Å². The Hall–Kier alpha value is -2.35. The Kier molecular flexibility index (Phi) is 7.53. The molecular formula is C22H28N2O5S. The van der Waals surface area contributed by atoms with Crippen molar-refractivity contribution >= 4 is 35.5 Å². The standard InChI is InChI=1S/C22H28N2O5S/c1-14(19(25)23-15-8-4-3-5-9-15)29-22(28)18(12-13-30-2)24-20(26)16-10-6-7-11-17(16)21(24)27/h6-7,10-11,14-15,18H,3-5,8-9,12-13H2,1-2H3,(H,23,25)/t14-,18-/m1/s1. The van der Waals surface area contributed by atoms with E-state index in [0.29, 0.717) is 5.75 Å². The Morgan fingerprint density at radius 1 is 1.13 bits per heavy atom. The molecule has 1 fully saturated rings. The molecule has 3 amide bonds. The van der Waals surface area contributed by atoms with E-state index in [1.54, 1.807) is 24.3 Å².